The predicted molar refractivity (Wildman–Crippen MR) is 109 cm³/mol. The van der Waals surface area contributed by atoms with E-state index in [1.54, 1.807) is 36.4 Å². The second kappa shape index (κ2) is 9.32. The Morgan fingerprint density at radius 3 is 2.31 bits per heavy atom. The zero-order chi connectivity index (χ0) is 20.6. The average Bonchev–Trinajstić information content (AvgIpc) is 2.76. The molecule has 2 aromatic carbocycles. The Balaban J connectivity index is 1.65. The SMILES string of the molecule is CCOc1ccccc1NC(=O)c1cnc(Nc2ccc(C(=O)OC)cc2)nc1. The number of carbonyl (C=O) groups is 2. The number of nitrogens with zero attached hydrogens (tertiary/aromatic N) is 2. The van der Waals surface area contributed by atoms with Gasteiger partial charge in [0.25, 0.3) is 5.91 Å². The molecular formula is C21H20N4O4. The van der Waals surface area contributed by atoms with E-state index < -0.39 is 5.97 Å². The van der Waals surface area contributed by atoms with Crippen molar-refractivity contribution in [3.8, 4) is 5.75 Å². The van der Waals surface area contributed by atoms with Crippen LogP contribution in [0.5, 0.6) is 5.75 Å². The molecule has 1 heterocycles. The Morgan fingerprint density at radius 1 is 0.966 bits per heavy atom. The van der Waals surface area contributed by atoms with Gasteiger partial charge in [-0.25, -0.2) is 14.8 Å². The van der Waals surface area contributed by atoms with Crippen LogP contribution in [0.15, 0.2) is 60.9 Å². The Morgan fingerprint density at radius 2 is 1.66 bits per heavy atom. The van der Waals surface area contributed by atoms with Gasteiger partial charge >= 0.3 is 5.97 Å². The molecule has 148 valence electrons. The standard InChI is InChI=1S/C21H20N4O4/c1-3-29-18-7-5-4-6-17(18)25-19(26)15-12-22-21(23-13-15)24-16-10-8-14(9-11-16)20(27)28-2/h4-13H,3H2,1-2H3,(H,25,26)(H,22,23,24). The Kier molecular flexibility index (Phi) is 6.36. The summed E-state index contributed by atoms with van der Waals surface area (Å²) in [7, 11) is 1.33. The second-order valence-corrected chi connectivity index (χ2v) is 5.87. The highest BCUT2D eigenvalue weighted by molar-refractivity contribution is 6.04. The van der Waals surface area contributed by atoms with Crippen LogP contribution in [0.4, 0.5) is 17.3 Å². The van der Waals surface area contributed by atoms with Gasteiger partial charge in [-0.05, 0) is 43.3 Å². The molecule has 8 heteroatoms. The fourth-order valence-corrected chi connectivity index (χ4v) is 2.49. The van der Waals surface area contributed by atoms with Crippen molar-refractivity contribution in [2.75, 3.05) is 24.4 Å². The summed E-state index contributed by atoms with van der Waals surface area (Å²) in [6.07, 6.45) is 2.85. The van der Waals surface area contributed by atoms with Gasteiger partial charge in [0.2, 0.25) is 5.95 Å². The third-order valence-electron chi connectivity index (χ3n) is 3.91. The van der Waals surface area contributed by atoms with Crippen molar-refractivity contribution in [1.29, 1.82) is 0 Å². The summed E-state index contributed by atoms with van der Waals surface area (Å²) in [6.45, 7) is 2.37. The van der Waals surface area contributed by atoms with Gasteiger partial charge in [0.05, 0.1) is 30.5 Å². The molecule has 0 bridgehead atoms. The minimum atomic E-state index is -0.408. The quantitative estimate of drug-likeness (QED) is 0.592. The highest BCUT2D eigenvalue weighted by Crippen LogP contribution is 2.24. The number of hydrogen-bond acceptors (Lipinski definition) is 7. The molecule has 3 rings (SSSR count). The molecule has 0 atom stereocenters. The lowest BCUT2D eigenvalue weighted by atomic mass is 10.2. The number of carbonyl (C=O) groups excluding carboxylic acids is 2. The van der Waals surface area contributed by atoms with Gasteiger partial charge in [0.15, 0.2) is 0 Å². The molecule has 1 aromatic heterocycles. The molecule has 3 aromatic rings. The van der Waals surface area contributed by atoms with Crippen molar-refractivity contribution in [3.05, 3.63) is 72.1 Å². The topological polar surface area (TPSA) is 102 Å². The lowest BCUT2D eigenvalue weighted by Crippen LogP contribution is -2.14. The third kappa shape index (κ3) is 5.07. The first-order valence-electron chi connectivity index (χ1n) is 8.91. The van der Waals surface area contributed by atoms with Gasteiger partial charge < -0.3 is 20.1 Å². The molecule has 29 heavy (non-hydrogen) atoms. The molecule has 0 aliphatic rings. The number of aromatic nitrogens is 2. The fourth-order valence-electron chi connectivity index (χ4n) is 2.49. The Bertz CT molecular complexity index is 988. The summed E-state index contributed by atoms with van der Waals surface area (Å²) < 4.78 is 10.2. The number of benzene rings is 2. The maximum Gasteiger partial charge on any atom is 0.337 e. The van der Waals surface area contributed by atoms with Crippen molar-refractivity contribution in [2.45, 2.75) is 6.92 Å². The lowest BCUT2D eigenvalue weighted by Gasteiger charge is -2.11. The average molecular weight is 392 g/mol. The molecule has 0 spiro atoms. The van der Waals surface area contributed by atoms with Crippen LogP contribution in [-0.2, 0) is 4.74 Å². The first-order chi connectivity index (χ1) is 14.1. The van der Waals surface area contributed by atoms with E-state index in [0.29, 0.717) is 40.8 Å². The smallest absolute Gasteiger partial charge is 0.337 e. The van der Waals surface area contributed by atoms with E-state index in [9.17, 15) is 9.59 Å². The van der Waals surface area contributed by atoms with Crippen LogP contribution >= 0.6 is 0 Å². The molecule has 0 unspecified atom stereocenters. The van der Waals surface area contributed by atoms with E-state index in [4.69, 9.17) is 4.74 Å². The van der Waals surface area contributed by atoms with Gasteiger partial charge in [-0.3, -0.25) is 4.79 Å². The molecular weight excluding hydrogens is 372 g/mol. The first-order valence-corrected chi connectivity index (χ1v) is 8.91. The van der Waals surface area contributed by atoms with Gasteiger partial charge in [0.1, 0.15) is 5.75 Å². The summed E-state index contributed by atoms with van der Waals surface area (Å²) in [6, 6.07) is 13.9. The predicted octanol–water partition coefficient (Wildman–Crippen LogP) is 3.66. The van der Waals surface area contributed by atoms with Crippen LogP contribution in [-0.4, -0.2) is 35.6 Å². The minimum Gasteiger partial charge on any atom is -0.492 e. The largest absolute Gasteiger partial charge is 0.492 e. The van der Waals surface area contributed by atoms with E-state index >= 15 is 0 Å². The number of methoxy groups -OCH3 is 1. The number of para-hydroxylation sites is 2. The molecule has 0 aliphatic carbocycles. The minimum absolute atomic E-state index is 0.308. The van der Waals surface area contributed by atoms with Gasteiger partial charge in [-0.2, -0.15) is 0 Å². The van der Waals surface area contributed by atoms with Crippen LogP contribution in [0.25, 0.3) is 0 Å². The number of esters is 1. The van der Waals surface area contributed by atoms with Crippen LogP contribution in [0, 0.1) is 0 Å². The number of rotatable bonds is 7. The van der Waals surface area contributed by atoms with E-state index in [1.807, 2.05) is 19.1 Å². The van der Waals surface area contributed by atoms with Crippen LogP contribution in [0.1, 0.15) is 27.6 Å². The molecule has 0 aliphatic heterocycles. The number of nitrogens with one attached hydrogen (secondary N) is 2. The molecule has 1 amide bonds. The normalized spacial score (nSPS) is 10.1. The zero-order valence-corrected chi connectivity index (χ0v) is 16.0. The van der Waals surface area contributed by atoms with E-state index in [2.05, 4.69) is 25.3 Å². The van der Waals surface area contributed by atoms with Crippen molar-refractivity contribution in [1.82, 2.24) is 9.97 Å². The summed E-state index contributed by atoms with van der Waals surface area (Å²) in [5.41, 5.74) is 2.02. The number of amides is 1. The van der Waals surface area contributed by atoms with Gasteiger partial charge in [-0.15, -0.1) is 0 Å². The van der Waals surface area contributed by atoms with Crippen LogP contribution in [0.3, 0.4) is 0 Å². The number of ether oxygens (including phenoxy) is 2. The van der Waals surface area contributed by atoms with Crippen LogP contribution in [0.2, 0.25) is 0 Å². The highest BCUT2D eigenvalue weighted by Gasteiger charge is 2.11. The molecule has 0 radical (unpaired) electrons. The third-order valence-corrected chi connectivity index (χ3v) is 3.91. The van der Waals surface area contributed by atoms with Crippen molar-refractivity contribution < 1.29 is 19.1 Å². The second-order valence-electron chi connectivity index (χ2n) is 5.87. The summed E-state index contributed by atoms with van der Waals surface area (Å²) in [5, 5.41) is 5.80. The van der Waals surface area contributed by atoms with Gasteiger partial charge in [0, 0.05) is 18.1 Å². The molecule has 0 fully saturated rings. The van der Waals surface area contributed by atoms with Crippen molar-refractivity contribution >= 4 is 29.2 Å². The maximum absolute atomic E-state index is 12.5. The highest BCUT2D eigenvalue weighted by atomic mass is 16.5. The van der Waals surface area contributed by atoms with Crippen molar-refractivity contribution in [2.24, 2.45) is 0 Å². The number of anilines is 3. The summed E-state index contributed by atoms with van der Waals surface area (Å²) >= 11 is 0. The summed E-state index contributed by atoms with van der Waals surface area (Å²) in [5.74, 6) is 0.167. The monoisotopic (exact) mass is 392 g/mol. The Hall–Kier alpha value is -3.94. The fraction of sp³-hybridized carbons (Fsp3) is 0.143. The van der Waals surface area contributed by atoms with E-state index in [-0.39, 0.29) is 5.91 Å². The molecule has 0 saturated carbocycles. The zero-order valence-electron chi connectivity index (χ0n) is 16.0. The Labute approximate surface area is 167 Å². The lowest BCUT2D eigenvalue weighted by molar-refractivity contribution is 0.0600. The number of hydrogen-bond donors (Lipinski definition) is 2. The summed E-state index contributed by atoms with van der Waals surface area (Å²) in [4.78, 5) is 32.2. The van der Waals surface area contributed by atoms with Gasteiger partial charge in [-0.1, -0.05) is 12.1 Å². The van der Waals surface area contributed by atoms with Crippen molar-refractivity contribution in [3.63, 3.8) is 0 Å². The van der Waals surface area contributed by atoms with Crippen LogP contribution < -0.4 is 15.4 Å². The molecule has 2 N–H and O–H groups in total. The maximum atomic E-state index is 12.5. The molecule has 0 saturated heterocycles. The molecule has 8 nitrogen and oxygen atoms in total. The first kappa shape index (κ1) is 19.8. The van der Waals surface area contributed by atoms with E-state index in [0.717, 1.165) is 0 Å². The van der Waals surface area contributed by atoms with E-state index in [1.165, 1.54) is 19.5 Å².